The molecule has 2 heterocycles. The predicted molar refractivity (Wildman–Crippen MR) is 93.2 cm³/mol. The first kappa shape index (κ1) is 17.0. The van der Waals surface area contributed by atoms with E-state index in [-0.39, 0.29) is 18.4 Å². The van der Waals surface area contributed by atoms with Gasteiger partial charge >= 0.3 is 0 Å². The number of nitrogens with one attached hydrogen (secondary N) is 1. The summed E-state index contributed by atoms with van der Waals surface area (Å²) in [6.45, 7) is 5.24. The van der Waals surface area contributed by atoms with Gasteiger partial charge in [-0.25, -0.2) is 0 Å². The van der Waals surface area contributed by atoms with Crippen molar-refractivity contribution in [3.05, 3.63) is 35.9 Å². The highest BCUT2D eigenvalue weighted by Crippen LogP contribution is 2.30. The number of amides is 2. The molecule has 3 rings (SSSR count). The summed E-state index contributed by atoms with van der Waals surface area (Å²) in [6, 6.07) is 11.0. The Kier molecular flexibility index (Phi) is 5.51. The molecule has 0 radical (unpaired) electrons. The van der Waals surface area contributed by atoms with E-state index in [4.69, 9.17) is 0 Å². The van der Waals surface area contributed by atoms with Crippen LogP contribution in [0.4, 0.5) is 0 Å². The zero-order valence-electron chi connectivity index (χ0n) is 14.4. The van der Waals surface area contributed by atoms with Crippen molar-refractivity contribution < 1.29 is 9.59 Å². The molecule has 5 heteroatoms. The number of carbonyl (C=O) groups is 2. The lowest BCUT2D eigenvalue weighted by Gasteiger charge is -2.30. The van der Waals surface area contributed by atoms with E-state index in [2.05, 4.69) is 34.5 Å². The molecule has 0 bridgehead atoms. The fourth-order valence-electron chi connectivity index (χ4n) is 3.97. The second kappa shape index (κ2) is 7.79. The van der Waals surface area contributed by atoms with Crippen LogP contribution in [0.5, 0.6) is 0 Å². The molecule has 0 spiro atoms. The van der Waals surface area contributed by atoms with Crippen molar-refractivity contribution in [2.24, 2.45) is 5.92 Å². The minimum Gasteiger partial charge on any atom is -0.347 e. The Morgan fingerprint density at radius 1 is 1.17 bits per heavy atom. The topological polar surface area (TPSA) is 52.7 Å². The number of likely N-dealkylation sites (tertiary alicyclic amines) is 2. The number of nitrogens with zero attached hydrogens (tertiary/aromatic N) is 2. The minimum atomic E-state index is -0.150. The number of carbonyl (C=O) groups excluding carboxylic acids is 2. The third-order valence-corrected chi connectivity index (χ3v) is 5.22. The maximum atomic E-state index is 12.3. The molecule has 130 valence electrons. The van der Waals surface area contributed by atoms with E-state index in [1.165, 1.54) is 31.7 Å². The first-order valence-corrected chi connectivity index (χ1v) is 8.93. The Balaban J connectivity index is 1.65. The highest BCUT2D eigenvalue weighted by atomic mass is 16.2. The molecule has 1 aromatic carbocycles. The van der Waals surface area contributed by atoms with Crippen LogP contribution in [0.1, 0.15) is 31.7 Å². The van der Waals surface area contributed by atoms with E-state index in [0.717, 1.165) is 26.2 Å². The van der Waals surface area contributed by atoms with E-state index in [0.29, 0.717) is 12.0 Å². The summed E-state index contributed by atoms with van der Waals surface area (Å²) in [5, 5.41) is 2.62. The van der Waals surface area contributed by atoms with Crippen LogP contribution >= 0.6 is 0 Å². The van der Waals surface area contributed by atoms with Crippen LogP contribution in [-0.4, -0.2) is 53.8 Å². The first-order valence-electron chi connectivity index (χ1n) is 8.93. The van der Waals surface area contributed by atoms with Crippen LogP contribution in [-0.2, 0) is 16.1 Å². The van der Waals surface area contributed by atoms with E-state index in [9.17, 15) is 9.59 Å². The SMILES string of the molecule is CC(=O)NCC(=O)N1C[C@@H]2CCCCN(Cc3ccccc3)[C@@H]2C1. The van der Waals surface area contributed by atoms with Gasteiger partial charge in [-0.05, 0) is 30.9 Å². The van der Waals surface area contributed by atoms with Gasteiger partial charge in [0.05, 0.1) is 6.54 Å². The monoisotopic (exact) mass is 329 g/mol. The molecule has 0 aliphatic carbocycles. The molecule has 24 heavy (non-hydrogen) atoms. The molecular formula is C19H27N3O2. The van der Waals surface area contributed by atoms with Gasteiger partial charge in [-0.2, -0.15) is 0 Å². The zero-order chi connectivity index (χ0) is 16.9. The molecular weight excluding hydrogens is 302 g/mol. The van der Waals surface area contributed by atoms with Gasteiger partial charge in [0.2, 0.25) is 11.8 Å². The normalized spacial score (nSPS) is 24.3. The highest BCUT2D eigenvalue weighted by Gasteiger charge is 2.39. The molecule has 5 nitrogen and oxygen atoms in total. The molecule has 1 aromatic rings. The average Bonchev–Trinajstić information content (AvgIpc) is 2.92. The predicted octanol–water partition coefficient (Wildman–Crippen LogP) is 1.64. The van der Waals surface area contributed by atoms with Crippen molar-refractivity contribution in [2.75, 3.05) is 26.2 Å². The second-order valence-electron chi connectivity index (χ2n) is 6.99. The molecule has 2 aliphatic heterocycles. The summed E-state index contributed by atoms with van der Waals surface area (Å²) < 4.78 is 0. The van der Waals surface area contributed by atoms with E-state index < -0.39 is 0 Å². The minimum absolute atomic E-state index is 0.0398. The highest BCUT2D eigenvalue weighted by molar-refractivity contribution is 5.83. The Morgan fingerprint density at radius 3 is 2.71 bits per heavy atom. The largest absolute Gasteiger partial charge is 0.347 e. The third kappa shape index (κ3) is 4.15. The summed E-state index contributed by atoms with van der Waals surface area (Å²) in [6.07, 6.45) is 3.67. The van der Waals surface area contributed by atoms with Crippen molar-refractivity contribution in [3.8, 4) is 0 Å². The number of hydrogen-bond donors (Lipinski definition) is 1. The van der Waals surface area contributed by atoms with Gasteiger partial charge in [-0.3, -0.25) is 14.5 Å². The van der Waals surface area contributed by atoms with Gasteiger partial charge in [-0.1, -0.05) is 36.8 Å². The second-order valence-corrected chi connectivity index (χ2v) is 6.99. The van der Waals surface area contributed by atoms with Gasteiger partial charge in [0.25, 0.3) is 0 Å². The van der Waals surface area contributed by atoms with Crippen LogP contribution < -0.4 is 5.32 Å². The number of hydrogen-bond acceptors (Lipinski definition) is 3. The summed E-state index contributed by atoms with van der Waals surface area (Å²) in [5.74, 6) is 0.442. The molecule has 0 unspecified atom stereocenters. The van der Waals surface area contributed by atoms with Crippen LogP contribution in [0.3, 0.4) is 0 Å². The van der Waals surface area contributed by atoms with Crippen LogP contribution in [0.25, 0.3) is 0 Å². The maximum absolute atomic E-state index is 12.3. The number of rotatable bonds is 4. The van der Waals surface area contributed by atoms with Crippen molar-refractivity contribution in [3.63, 3.8) is 0 Å². The fourth-order valence-corrected chi connectivity index (χ4v) is 3.97. The molecule has 2 atom stereocenters. The van der Waals surface area contributed by atoms with Crippen molar-refractivity contribution in [2.45, 2.75) is 38.8 Å². The molecule has 2 saturated heterocycles. The lowest BCUT2D eigenvalue weighted by Crippen LogP contribution is -2.42. The average molecular weight is 329 g/mol. The van der Waals surface area contributed by atoms with Gasteiger partial charge in [0.1, 0.15) is 0 Å². The number of fused-ring (bicyclic) bond motifs is 1. The van der Waals surface area contributed by atoms with E-state index in [1.807, 2.05) is 11.0 Å². The molecule has 0 saturated carbocycles. The molecule has 0 aromatic heterocycles. The summed E-state index contributed by atoms with van der Waals surface area (Å²) in [5.41, 5.74) is 1.33. The summed E-state index contributed by atoms with van der Waals surface area (Å²) >= 11 is 0. The first-order chi connectivity index (χ1) is 11.6. The van der Waals surface area contributed by atoms with Gasteiger partial charge < -0.3 is 10.2 Å². The smallest absolute Gasteiger partial charge is 0.242 e. The van der Waals surface area contributed by atoms with Crippen LogP contribution in [0.2, 0.25) is 0 Å². The number of benzene rings is 1. The quantitative estimate of drug-likeness (QED) is 0.913. The van der Waals surface area contributed by atoms with Gasteiger partial charge in [-0.15, -0.1) is 0 Å². The Bertz CT molecular complexity index is 575. The lowest BCUT2D eigenvalue weighted by molar-refractivity contribution is -0.131. The molecule has 2 fully saturated rings. The molecule has 2 amide bonds. The lowest BCUT2D eigenvalue weighted by atomic mass is 9.98. The van der Waals surface area contributed by atoms with Gasteiger partial charge in [0, 0.05) is 32.6 Å². The zero-order valence-corrected chi connectivity index (χ0v) is 14.4. The fraction of sp³-hybridized carbons (Fsp3) is 0.579. The third-order valence-electron chi connectivity index (χ3n) is 5.22. The summed E-state index contributed by atoms with van der Waals surface area (Å²) in [7, 11) is 0. The van der Waals surface area contributed by atoms with E-state index in [1.54, 1.807) is 0 Å². The molecule has 2 aliphatic rings. The Labute approximate surface area is 144 Å². The maximum Gasteiger partial charge on any atom is 0.242 e. The van der Waals surface area contributed by atoms with E-state index >= 15 is 0 Å². The Hall–Kier alpha value is -1.88. The Morgan fingerprint density at radius 2 is 1.96 bits per heavy atom. The van der Waals surface area contributed by atoms with Crippen LogP contribution in [0.15, 0.2) is 30.3 Å². The molecule has 1 N–H and O–H groups in total. The van der Waals surface area contributed by atoms with Crippen molar-refractivity contribution >= 4 is 11.8 Å². The van der Waals surface area contributed by atoms with Gasteiger partial charge in [0.15, 0.2) is 0 Å². The van der Waals surface area contributed by atoms with Crippen LogP contribution in [0, 0.1) is 5.92 Å². The summed E-state index contributed by atoms with van der Waals surface area (Å²) in [4.78, 5) is 27.9. The van der Waals surface area contributed by atoms with Crippen molar-refractivity contribution in [1.29, 1.82) is 0 Å². The van der Waals surface area contributed by atoms with Crippen molar-refractivity contribution in [1.82, 2.24) is 15.1 Å². The standard InChI is InChI=1S/C19H27N3O2/c1-15(23)20-11-19(24)22-13-17-9-5-6-10-21(18(17)14-22)12-16-7-3-2-4-8-16/h2-4,7-8,17-18H,5-6,9-14H2,1H3,(H,20,23)/t17-,18+/m0/s1.